The van der Waals surface area contributed by atoms with Gasteiger partial charge in [-0.1, -0.05) is 67.6 Å². The van der Waals surface area contributed by atoms with E-state index >= 15 is 0 Å². The van der Waals surface area contributed by atoms with Crippen LogP contribution < -0.4 is 14.7 Å². The van der Waals surface area contributed by atoms with Gasteiger partial charge in [-0.05, 0) is 73.0 Å². The van der Waals surface area contributed by atoms with Gasteiger partial charge in [0.2, 0.25) is 18.7 Å². The van der Waals surface area contributed by atoms with E-state index in [-0.39, 0.29) is 31.5 Å². The predicted molar refractivity (Wildman–Crippen MR) is 192 cm³/mol. The molecule has 50 heavy (non-hydrogen) atoms. The van der Waals surface area contributed by atoms with Gasteiger partial charge in [-0.2, -0.15) is 0 Å². The van der Waals surface area contributed by atoms with Crippen LogP contribution in [0.3, 0.4) is 0 Å². The summed E-state index contributed by atoms with van der Waals surface area (Å²) in [6.45, 7) is 2.38. The van der Waals surface area contributed by atoms with Crippen LogP contribution in [0.1, 0.15) is 37.3 Å². The molecule has 1 fully saturated rings. The molecule has 2 aliphatic heterocycles. The number of carbonyl (C=O) groups excluding carboxylic acids is 4. The van der Waals surface area contributed by atoms with E-state index in [4.69, 9.17) is 0 Å². The molecule has 1 saturated heterocycles. The molecule has 2 aliphatic rings. The molecular formula is C40H40N4O6. The normalized spacial score (nSPS) is 19.0. The fourth-order valence-electron chi connectivity index (χ4n) is 6.89. The Morgan fingerprint density at radius 2 is 1.46 bits per heavy atom. The van der Waals surface area contributed by atoms with Crippen molar-refractivity contribution in [3.8, 4) is 0 Å². The lowest BCUT2D eigenvalue weighted by atomic mass is 9.82. The lowest BCUT2D eigenvalue weighted by Crippen LogP contribution is -2.44. The summed E-state index contributed by atoms with van der Waals surface area (Å²) in [6.07, 6.45) is 6.46. The highest BCUT2D eigenvalue weighted by molar-refractivity contribution is 6.08. The average molecular weight is 673 g/mol. The number of aliphatic hydroxyl groups is 2. The molecule has 0 spiro atoms. The second-order valence-corrected chi connectivity index (χ2v) is 12.6. The van der Waals surface area contributed by atoms with E-state index in [1.807, 2.05) is 60.7 Å². The van der Waals surface area contributed by atoms with E-state index in [0.717, 1.165) is 30.5 Å². The molecule has 0 saturated carbocycles. The van der Waals surface area contributed by atoms with Gasteiger partial charge in [0.15, 0.2) is 5.60 Å². The molecule has 256 valence electrons. The van der Waals surface area contributed by atoms with Crippen LogP contribution in [0.4, 0.5) is 28.4 Å². The van der Waals surface area contributed by atoms with Crippen LogP contribution >= 0.6 is 0 Å². The molecule has 4 aromatic rings. The molecular weight excluding hydrogens is 632 g/mol. The van der Waals surface area contributed by atoms with Crippen molar-refractivity contribution in [1.82, 2.24) is 4.90 Å². The number of hydrogen-bond acceptors (Lipinski definition) is 6. The van der Waals surface area contributed by atoms with E-state index in [1.165, 1.54) is 14.7 Å². The van der Waals surface area contributed by atoms with E-state index < -0.39 is 17.4 Å². The largest absolute Gasteiger partial charge is 0.394 e. The van der Waals surface area contributed by atoms with Gasteiger partial charge in [-0.3, -0.25) is 29.0 Å². The number of hydrogen-bond donors (Lipinski definition) is 2. The minimum absolute atomic E-state index is 0.0712. The summed E-state index contributed by atoms with van der Waals surface area (Å²) in [7, 11) is 0. The smallest absolute Gasteiger partial charge is 0.264 e. The quantitative estimate of drug-likeness (QED) is 0.141. The summed E-state index contributed by atoms with van der Waals surface area (Å²) in [5, 5.41) is 22.0. The van der Waals surface area contributed by atoms with Gasteiger partial charge < -0.3 is 20.0 Å². The summed E-state index contributed by atoms with van der Waals surface area (Å²) in [5.74, 6) is -1.40. The highest BCUT2D eigenvalue weighted by Gasteiger charge is 2.52. The Kier molecular flexibility index (Phi) is 10.2. The van der Waals surface area contributed by atoms with Gasteiger partial charge in [-0.25, -0.2) is 0 Å². The molecule has 2 heterocycles. The molecule has 2 N–H and O–H groups in total. The number of carbonyl (C=O) groups is 4. The van der Waals surface area contributed by atoms with Crippen molar-refractivity contribution < 1.29 is 29.4 Å². The van der Waals surface area contributed by atoms with E-state index in [9.17, 15) is 29.4 Å². The SMILES string of the molecule is C[C@@H](/C=C/CC(=O)N1CCC[C@H]1CO)[C@]1(O)C(=O)N(Cc2ccc(N(C=O)c3ccccc3)cc2)c2ccc(N(C=O)c3ccccc3)cc21. The monoisotopic (exact) mass is 672 g/mol. The molecule has 0 bridgehead atoms. The van der Waals surface area contributed by atoms with E-state index in [2.05, 4.69) is 0 Å². The van der Waals surface area contributed by atoms with Crippen molar-refractivity contribution in [2.24, 2.45) is 5.92 Å². The Morgan fingerprint density at radius 1 is 0.880 bits per heavy atom. The van der Waals surface area contributed by atoms with Crippen molar-refractivity contribution in [3.05, 3.63) is 126 Å². The molecule has 0 radical (unpaired) electrons. The zero-order valence-electron chi connectivity index (χ0n) is 27.8. The van der Waals surface area contributed by atoms with Gasteiger partial charge in [-0.15, -0.1) is 0 Å². The third-order valence-electron chi connectivity index (χ3n) is 9.65. The van der Waals surface area contributed by atoms with Crippen LogP contribution in [0.5, 0.6) is 0 Å². The first-order valence-corrected chi connectivity index (χ1v) is 16.7. The minimum atomic E-state index is -2.00. The summed E-state index contributed by atoms with van der Waals surface area (Å²) in [4.78, 5) is 57.8. The molecule has 4 amide bonds. The van der Waals surface area contributed by atoms with Crippen LogP contribution in [-0.4, -0.2) is 58.9 Å². The number of aliphatic hydroxyl groups excluding tert-OH is 1. The van der Waals surface area contributed by atoms with Crippen molar-refractivity contribution in [1.29, 1.82) is 0 Å². The van der Waals surface area contributed by atoms with Crippen LogP contribution in [0, 0.1) is 5.92 Å². The first kappa shape index (κ1) is 34.3. The number of fused-ring (bicyclic) bond motifs is 1. The fourth-order valence-corrected chi connectivity index (χ4v) is 6.89. The van der Waals surface area contributed by atoms with Gasteiger partial charge in [0.1, 0.15) is 0 Å². The van der Waals surface area contributed by atoms with Crippen LogP contribution in [0.15, 0.2) is 115 Å². The van der Waals surface area contributed by atoms with Crippen molar-refractivity contribution in [2.45, 2.75) is 44.4 Å². The predicted octanol–water partition coefficient (Wildman–Crippen LogP) is 5.58. The summed E-state index contributed by atoms with van der Waals surface area (Å²) >= 11 is 0. The Morgan fingerprint density at radius 3 is 2.06 bits per heavy atom. The molecule has 0 aliphatic carbocycles. The van der Waals surface area contributed by atoms with Crippen LogP contribution in [0.2, 0.25) is 0 Å². The highest BCUT2D eigenvalue weighted by atomic mass is 16.3. The number of para-hydroxylation sites is 2. The second-order valence-electron chi connectivity index (χ2n) is 12.6. The summed E-state index contributed by atoms with van der Waals surface area (Å²) in [5.41, 5.74) is 2.11. The van der Waals surface area contributed by atoms with Gasteiger partial charge in [0, 0.05) is 47.2 Å². The minimum Gasteiger partial charge on any atom is -0.394 e. The molecule has 10 nitrogen and oxygen atoms in total. The summed E-state index contributed by atoms with van der Waals surface area (Å²) < 4.78 is 0. The van der Waals surface area contributed by atoms with Crippen LogP contribution in [-0.2, 0) is 31.3 Å². The number of benzene rings is 4. The number of rotatable bonds is 13. The zero-order chi connectivity index (χ0) is 35.3. The average Bonchev–Trinajstić information content (AvgIpc) is 3.72. The topological polar surface area (TPSA) is 122 Å². The van der Waals surface area contributed by atoms with Gasteiger partial charge in [0.05, 0.1) is 24.9 Å². The van der Waals surface area contributed by atoms with E-state index in [1.54, 1.807) is 66.4 Å². The Bertz CT molecular complexity index is 1870. The number of likely N-dealkylation sites (tertiary alicyclic amines) is 1. The van der Waals surface area contributed by atoms with Crippen molar-refractivity contribution in [3.63, 3.8) is 0 Å². The first-order valence-electron chi connectivity index (χ1n) is 16.7. The molecule has 0 unspecified atom stereocenters. The molecule has 4 aromatic carbocycles. The van der Waals surface area contributed by atoms with Gasteiger partial charge >= 0.3 is 0 Å². The fraction of sp³-hybridized carbons (Fsp3) is 0.250. The number of anilines is 5. The maximum Gasteiger partial charge on any atom is 0.264 e. The highest BCUT2D eigenvalue weighted by Crippen LogP contribution is 2.47. The maximum absolute atomic E-state index is 14.3. The maximum atomic E-state index is 14.3. The number of nitrogens with zero attached hydrogens (tertiary/aromatic N) is 4. The van der Waals surface area contributed by atoms with Crippen LogP contribution in [0.25, 0.3) is 0 Å². The first-order chi connectivity index (χ1) is 24.3. The van der Waals surface area contributed by atoms with Gasteiger partial charge in [0.25, 0.3) is 5.91 Å². The number of amides is 4. The zero-order valence-corrected chi connectivity index (χ0v) is 27.8. The lowest BCUT2D eigenvalue weighted by Gasteiger charge is -2.28. The molecule has 6 rings (SSSR count). The lowest BCUT2D eigenvalue weighted by molar-refractivity contribution is -0.139. The third-order valence-corrected chi connectivity index (χ3v) is 9.65. The van der Waals surface area contributed by atoms with Crippen molar-refractivity contribution in [2.75, 3.05) is 27.9 Å². The molecule has 0 aromatic heterocycles. The second kappa shape index (κ2) is 14.9. The summed E-state index contributed by atoms with van der Waals surface area (Å²) in [6, 6.07) is 30.6. The third kappa shape index (κ3) is 6.55. The molecule has 3 atom stereocenters. The Labute approximate surface area is 291 Å². The Balaban J connectivity index is 1.31. The van der Waals surface area contributed by atoms with Crippen molar-refractivity contribution >= 4 is 53.1 Å². The molecule has 10 heteroatoms. The van der Waals surface area contributed by atoms with E-state index in [0.29, 0.717) is 41.3 Å². The standard InChI is InChI=1S/C40H40N4O6/c1-29(10-8-16-38(48)41-23-9-15-35(41)26-45)40(50)36-24-34(44(28-47)32-13-6-3-7-14-32)21-22-37(36)42(39(40)49)25-30-17-19-33(20-18-30)43(27-46)31-11-4-2-5-12-31/h2-8,10-14,17-22,24,27-29,35,45,50H,9,15-16,23,25-26H2,1H3/b10-8+/t29-,35-,40+/m0/s1. The Hall–Kier alpha value is -5.58.